The minimum atomic E-state index is -0.298. The maximum atomic E-state index is 12.5. The highest BCUT2D eigenvalue weighted by Gasteiger charge is 2.49. The highest BCUT2D eigenvalue weighted by molar-refractivity contribution is 9.10. The Morgan fingerprint density at radius 1 is 1.05 bits per heavy atom. The third-order valence-corrected chi connectivity index (χ3v) is 5.30. The van der Waals surface area contributed by atoms with Gasteiger partial charge < -0.3 is 0 Å². The lowest BCUT2D eigenvalue weighted by atomic mass is 10.1. The fourth-order valence-corrected chi connectivity index (χ4v) is 4.48. The summed E-state index contributed by atoms with van der Waals surface area (Å²) >= 11 is 3.61. The minimum absolute atomic E-state index is 0.298. The molecule has 0 atom stereocenters. The Balaban J connectivity index is 1.68. The van der Waals surface area contributed by atoms with Crippen LogP contribution < -0.4 is 4.48 Å². The normalized spacial score (nSPS) is 38.4. The second-order valence-electron chi connectivity index (χ2n) is 6.22. The number of halogens is 2. The van der Waals surface area contributed by atoms with E-state index in [2.05, 4.69) is 48.8 Å². The third-order valence-electron chi connectivity index (χ3n) is 4.56. The van der Waals surface area contributed by atoms with Crippen LogP contribution in [-0.4, -0.2) is 61.4 Å². The van der Waals surface area contributed by atoms with E-state index in [0.717, 1.165) is 54.5 Å². The maximum absolute atomic E-state index is 12.5. The first-order chi connectivity index (χ1) is 9.68. The summed E-state index contributed by atoms with van der Waals surface area (Å²) < 4.78 is 14.6. The van der Waals surface area contributed by atoms with Gasteiger partial charge in [-0.25, -0.2) is 14.7 Å². The number of alkyl halides is 1. The summed E-state index contributed by atoms with van der Waals surface area (Å²) in [7, 11) is 0. The summed E-state index contributed by atoms with van der Waals surface area (Å²) in [6, 6.07) is 6.46. The molecule has 4 fully saturated rings. The van der Waals surface area contributed by atoms with E-state index in [9.17, 15) is 4.39 Å². The largest absolute Gasteiger partial charge is 0.253 e. The molecule has 0 saturated carbocycles. The smallest absolute Gasteiger partial charge is 0.143 e. The molecule has 4 aliphatic rings. The van der Waals surface area contributed by atoms with Gasteiger partial charge in [-0.15, -0.1) is 0 Å². The van der Waals surface area contributed by atoms with E-state index < -0.39 is 0 Å². The fourth-order valence-electron chi connectivity index (χ4n) is 3.91. The van der Waals surface area contributed by atoms with Gasteiger partial charge in [0.15, 0.2) is 0 Å². The summed E-state index contributed by atoms with van der Waals surface area (Å²) in [5, 5.41) is 0. The Morgan fingerprint density at radius 3 is 2.15 bits per heavy atom. The molecule has 108 valence electrons. The van der Waals surface area contributed by atoms with Crippen molar-refractivity contribution in [2.75, 3.05) is 46.7 Å². The molecule has 4 bridgehead atoms. The summed E-state index contributed by atoms with van der Waals surface area (Å²) in [6.45, 7) is 6.24. The van der Waals surface area contributed by atoms with Gasteiger partial charge in [0, 0.05) is 17.0 Å². The second-order valence-corrected chi connectivity index (χ2v) is 7.08. The molecule has 4 saturated heterocycles. The van der Waals surface area contributed by atoms with E-state index in [-0.39, 0.29) is 6.67 Å². The molecule has 4 heterocycles. The molecule has 6 heteroatoms. The predicted octanol–water partition coefficient (Wildman–Crippen LogP) is 1.96. The van der Waals surface area contributed by atoms with E-state index in [1.165, 1.54) is 5.69 Å². The number of aryl methyl sites for hydroxylation is 1. The average Bonchev–Trinajstić information content (AvgIpc) is 2.39. The number of nitrogens with zero attached hydrogens (tertiary/aromatic N) is 4. The highest BCUT2D eigenvalue weighted by Crippen LogP contribution is 2.36. The Morgan fingerprint density at radius 2 is 1.65 bits per heavy atom. The molecular formula is C14H19BrFN4+. The second kappa shape index (κ2) is 4.74. The summed E-state index contributed by atoms with van der Waals surface area (Å²) in [6.07, 6.45) is 0.491. The van der Waals surface area contributed by atoms with Gasteiger partial charge in [0.1, 0.15) is 25.7 Å². The van der Waals surface area contributed by atoms with Crippen molar-refractivity contribution < 1.29 is 4.39 Å². The van der Waals surface area contributed by atoms with Crippen LogP contribution in [0.5, 0.6) is 0 Å². The molecule has 1 aromatic carbocycles. The first-order valence-electron chi connectivity index (χ1n) is 7.07. The molecule has 20 heavy (non-hydrogen) atoms. The Kier molecular flexibility index (Phi) is 3.12. The zero-order chi connectivity index (χ0) is 13.7. The molecule has 1 aromatic rings. The van der Waals surface area contributed by atoms with E-state index >= 15 is 0 Å². The Hall–Kier alpha value is -0.530. The van der Waals surface area contributed by atoms with E-state index in [4.69, 9.17) is 0 Å². The van der Waals surface area contributed by atoms with Crippen LogP contribution in [0, 0.1) is 0 Å². The van der Waals surface area contributed by atoms with Crippen LogP contribution in [0.3, 0.4) is 0 Å². The molecule has 0 N–H and O–H groups in total. The van der Waals surface area contributed by atoms with Crippen LogP contribution in [0.15, 0.2) is 22.7 Å². The molecule has 0 aromatic heterocycles. The van der Waals surface area contributed by atoms with Gasteiger partial charge in [0.2, 0.25) is 0 Å². The van der Waals surface area contributed by atoms with Crippen molar-refractivity contribution >= 4 is 21.6 Å². The van der Waals surface area contributed by atoms with Crippen LogP contribution in [0.25, 0.3) is 0 Å². The van der Waals surface area contributed by atoms with Crippen LogP contribution in [0.4, 0.5) is 10.1 Å². The first kappa shape index (κ1) is 13.2. The standard InChI is InChI=1S/C14H19BrFN4/c15-14-5-13(2-1-12(14)3-4-16)20-9-17-6-18(10-20)8-19(7-17)11-20/h1-2,5H,3-4,6-11H2/q+1. The van der Waals surface area contributed by atoms with Gasteiger partial charge in [-0.3, -0.25) is 8.87 Å². The van der Waals surface area contributed by atoms with Gasteiger partial charge in [0.25, 0.3) is 0 Å². The molecule has 0 aliphatic carbocycles. The van der Waals surface area contributed by atoms with E-state index in [1.54, 1.807) is 0 Å². The summed E-state index contributed by atoms with van der Waals surface area (Å²) in [5.74, 6) is 0. The topological polar surface area (TPSA) is 9.72 Å². The molecule has 4 aliphatic heterocycles. The fraction of sp³-hybridized carbons (Fsp3) is 0.571. The van der Waals surface area contributed by atoms with Gasteiger partial charge in [-0.05, 0) is 11.6 Å². The van der Waals surface area contributed by atoms with Crippen molar-refractivity contribution in [3.05, 3.63) is 28.2 Å². The van der Waals surface area contributed by atoms with Crippen LogP contribution in [-0.2, 0) is 6.42 Å². The Bertz CT molecular complexity index is 501. The molecular weight excluding hydrogens is 323 g/mol. The predicted molar refractivity (Wildman–Crippen MR) is 80.3 cm³/mol. The zero-order valence-corrected chi connectivity index (χ0v) is 13.0. The van der Waals surface area contributed by atoms with Gasteiger partial charge >= 0.3 is 0 Å². The molecule has 4 nitrogen and oxygen atoms in total. The number of quaternary nitrogens is 1. The van der Waals surface area contributed by atoms with E-state index in [1.807, 2.05) is 0 Å². The maximum Gasteiger partial charge on any atom is 0.143 e. The number of hydrogen-bond acceptors (Lipinski definition) is 3. The van der Waals surface area contributed by atoms with Gasteiger partial charge in [-0.2, -0.15) is 0 Å². The lowest BCUT2D eigenvalue weighted by Gasteiger charge is -2.60. The van der Waals surface area contributed by atoms with Crippen molar-refractivity contribution in [1.82, 2.24) is 19.2 Å². The molecule has 5 rings (SSSR count). The highest BCUT2D eigenvalue weighted by atomic mass is 79.9. The minimum Gasteiger partial charge on any atom is -0.253 e. The summed E-state index contributed by atoms with van der Waals surface area (Å²) in [4.78, 5) is 7.50. The number of benzene rings is 1. The van der Waals surface area contributed by atoms with Crippen LogP contribution >= 0.6 is 15.9 Å². The molecule has 0 spiro atoms. The molecule has 0 amide bonds. The quantitative estimate of drug-likeness (QED) is 0.778. The van der Waals surface area contributed by atoms with Gasteiger partial charge in [0.05, 0.1) is 26.7 Å². The number of rotatable bonds is 3. The SMILES string of the molecule is FCCc1ccc([N+]23CN4CN(CN(C4)C2)C3)cc1Br. The number of hydrogen-bond donors (Lipinski definition) is 0. The third kappa shape index (κ3) is 2.02. The van der Waals surface area contributed by atoms with Crippen molar-refractivity contribution in [1.29, 1.82) is 0 Å². The van der Waals surface area contributed by atoms with E-state index in [0.29, 0.717) is 6.42 Å². The average molecular weight is 342 g/mol. The first-order valence-corrected chi connectivity index (χ1v) is 7.86. The van der Waals surface area contributed by atoms with Crippen molar-refractivity contribution in [3.8, 4) is 0 Å². The lowest BCUT2D eigenvalue weighted by Crippen LogP contribution is -2.80. The molecule has 0 unspecified atom stereocenters. The van der Waals surface area contributed by atoms with Crippen molar-refractivity contribution in [3.63, 3.8) is 0 Å². The summed E-state index contributed by atoms with van der Waals surface area (Å²) in [5.41, 5.74) is 2.39. The Labute approximate surface area is 127 Å². The zero-order valence-electron chi connectivity index (χ0n) is 11.4. The lowest BCUT2D eigenvalue weighted by molar-refractivity contribution is -0.189. The molecule has 0 radical (unpaired) electrons. The van der Waals surface area contributed by atoms with Crippen molar-refractivity contribution in [2.24, 2.45) is 0 Å². The van der Waals surface area contributed by atoms with Crippen LogP contribution in [0.1, 0.15) is 5.56 Å². The van der Waals surface area contributed by atoms with Crippen molar-refractivity contribution in [2.45, 2.75) is 6.42 Å². The van der Waals surface area contributed by atoms with Gasteiger partial charge in [-0.1, -0.05) is 22.0 Å². The van der Waals surface area contributed by atoms with Crippen LogP contribution in [0.2, 0.25) is 0 Å². The monoisotopic (exact) mass is 341 g/mol.